The van der Waals surface area contributed by atoms with E-state index in [0.29, 0.717) is 6.54 Å². The smallest absolute Gasteiger partial charge is 0.227 e. The highest BCUT2D eigenvalue weighted by Crippen LogP contribution is 2.13. The van der Waals surface area contributed by atoms with E-state index in [4.69, 9.17) is 0 Å². The van der Waals surface area contributed by atoms with E-state index >= 15 is 0 Å². The number of hydrogen-bond donors (Lipinski definition) is 2. The van der Waals surface area contributed by atoms with E-state index in [-0.39, 0.29) is 11.8 Å². The van der Waals surface area contributed by atoms with Crippen molar-refractivity contribution in [2.24, 2.45) is 5.92 Å². The van der Waals surface area contributed by atoms with E-state index in [9.17, 15) is 4.79 Å². The molecule has 0 aliphatic carbocycles. The van der Waals surface area contributed by atoms with Crippen LogP contribution in [0.1, 0.15) is 18.4 Å². The van der Waals surface area contributed by atoms with Crippen molar-refractivity contribution in [3.05, 3.63) is 18.0 Å². The second kappa shape index (κ2) is 5.12. The lowest BCUT2D eigenvalue weighted by Crippen LogP contribution is -2.41. The molecule has 5 heteroatoms. The number of nitrogens with one attached hydrogen (secondary N) is 2. The average Bonchev–Trinajstić information content (AvgIpc) is 2.82. The van der Waals surface area contributed by atoms with E-state index in [1.54, 1.807) is 11.1 Å². The van der Waals surface area contributed by atoms with Crippen LogP contribution in [-0.4, -0.2) is 41.1 Å². The molecule has 88 valence electrons. The molecule has 1 saturated heterocycles. The monoisotopic (exact) mass is 222 g/mol. The first kappa shape index (κ1) is 11.1. The number of aromatic amines is 1. The molecule has 1 aliphatic rings. The van der Waals surface area contributed by atoms with Gasteiger partial charge in [0.2, 0.25) is 5.91 Å². The molecular weight excluding hydrogens is 204 g/mol. The lowest BCUT2D eigenvalue weighted by Gasteiger charge is -2.26. The minimum atomic E-state index is 0.144. The van der Waals surface area contributed by atoms with Gasteiger partial charge in [-0.1, -0.05) is 0 Å². The maximum absolute atomic E-state index is 12.1. The number of aromatic nitrogens is 2. The first-order valence-corrected chi connectivity index (χ1v) is 5.70. The van der Waals surface area contributed by atoms with Crippen molar-refractivity contribution in [3.63, 3.8) is 0 Å². The number of nitrogens with zero attached hydrogens (tertiary/aromatic N) is 2. The molecule has 0 aromatic carbocycles. The summed E-state index contributed by atoms with van der Waals surface area (Å²) in [5, 5.41) is 9.89. The Morgan fingerprint density at radius 2 is 2.56 bits per heavy atom. The van der Waals surface area contributed by atoms with Gasteiger partial charge in [0.25, 0.3) is 0 Å². The van der Waals surface area contributed by atoms with Crippen LogP contribution in [0.2, 0.25) is 0 Å². The first-order chi connectivity index (χ1) is 7.77. The Bertz CT molecular complexity index is 330. The van der Waals surface area contributed by atoms with Gasteiger partial charge in [-0.15, -0.1) is 0 Å². The van der Waals surface area contributed by atoms with Crippen LogP contribution in [0, 0.1) is 5.92 Å². The van der Waals surface area contributed by atoms with Gasteiger partial charge in [0, 0.05) is 31.9 Å². The number of amides is 1. The van der Waals surface area contributed by atoms with Crippen LogP contribution in [0.4, 0.5) is 0 Å². The highest BCUT2D eigenvalue weighted by molar-refractivity contribution is 5.78. The Morgan fingerprint density at radius 1 is 1.69 bits per heavy atom. The number of carbonyl (C=O) groups is 1. The number of piperidine rings is 1. The van der Waals surface area contributed by atoms with Crippen molar-refractivity contribution < 1.29 is 4.79 Å². The predicted octanol–water partition coefficient (Wildman–Crippen LogP) is 0.368. The molecule has 2 heterocycles. The molecule has 0 bridgehead atoms. The van der Waals surface area contributed by atoms with Crippen molar-refractivity contribution >= 4 is 5.91 Å². The van der Waals surface area contributed by atoms with Crippen LogP contribution >= 0.6 is 0 Å². The molecule has 2 rings (SSSR count). The highest BCUT2D eigenvalue weighted by Gasteiger charge is 2.23. The largest absolute Gasteiger partial charge is 0.341 e. The average molecular weight is 222 g/mol. The Kier molecular flexibility index (Phi) is 3.56. The Balaban J connectivity index is 1.88. The molecule has 1 aromatic heterocycles. The number of carbonyl (C=O) groups excluding carboxylic acids is 1. The Labute approximate surface area is 95.2 Å². The van der Waals surface area contributed by atoms with Crippen molar-refractivity contribution in [1.82, 2.24) is 20.4 Å². The summed E-state index contributed by atoms with van der Waals surface area (Å²) in [5.74, 6) is 0.374. The molecule has 16 heavy (non-hydrogen) atoms. The molecule has 1 amide bonds. The number of H-pyrrole nitrogens is 1. The second-order valence-electron chi connectivity index (χ2n) is 4.34. The molecular formula is C11H18N4O. The molecule has 0 saturated carbocycles. The fraction of sp³-hybridized carbons (Fsp3) is 0.636. The Hall–Kier alpha value is -1.36. The van der Waals surface area contributed by atoms with Crippen LogP contribution in [0.5, 0.6) is 0 Å². The molecule has 1 aliphatic heterocycles. The number of hydrogen-bond acceptors (Lipinski definition) is 3. The maximum Gasteiger partial charge on any atom is 0.227 e. The quantitative estimate of drug-likeness (QED) is 0.776. The molecule has 1 atom stereocenters. The first-order valence-electron chi connectivity index (χ1n) is 5.70. The molecule has 1 fully saturated rings. The zero-order chi connectivity index (χ0) is 11.4. The van der Waals surface area contributed by atoms with E-state index in [0.717, 1.165) is 31.5 Å². The van der Waals surface area contributed by atoms with E-state index < -0.39 is 0 Å². The molecule has 1 aromatic rings. The maximum atomic E-state index is 12.1. The van der Waals surface area contributed by atoms with Gasteiger partial charge in [-0.05, 0) is 19.4 Å². The topological polar surface area (TPSA) is 61.0 Å². The molecule has 0 spiro atoms. The summed E-state index contributed by atoms with van der Waals surface area (Å²) in [6.07, 6.45) is 5.67. The third kappa shape index (κ3) is 2.61. The van der Waals surface area contributed by atoms with Crippen molar-refractivity contribution in [2.45, 2.75) is 19.4 Å². The summed E-state index contributed by atoms with van der Waals surface area (Å²) >= 11 is 0. The van der Waals surface area contributed by atoms with E-state index in [2.05, 4.69) is 15.5 Å². The van der Waals surface area contributed by atoms with Gasteiger partial charge in [-0.25, -0.2) is 0 Å². The normalized spacial score (nSPS) is 20.7. The summed E-state index contributed by atoms with van der Waals surface area (Å²) in [5.41, 5.74) is 1.04. The SMILES string of the molecule is CN(Cc1cn[nH]c1)C(=O)C1CCCNC1. The summed E-state index contributed by atoms with van der Waals surface area (Å²) in [6, 6.07) is 0. The number of rotatable bonds is 3. The molecule has 5 nitrogen and oxygen atoms in total. The van der Waals surface area contributed by atoms with Gasteiger partial charge in [-0.2, -0.15) is 5.10 Å². The minimum absolute atomic E-state index is 0.144. The third-order valence-electron chi connectivity index (χ3n) is 3.00. The van der Waals surface area contributed by atoms with E-state index in [1.165, 1.54) is 0 Å². The van der Waals surface area contributed by atoms with Crippen LogP contribution in [0.25, 0.3) is 0 Å². The van der Waals surface area contributed by atoms with Gasteiger partial charge < -0.3 is 10.2 Å². The summed E-state index contributed by atoms with van der Waals surface area (Å²) in [6.45, 7) is 2.48. The predicted molar refractivity (Wildman–Crippen MR) is 60.7 cm³/mol. The second-order valence-corrected chi connectivity index (χ2v) is 4.34. The lowest BCUT2D eigenvalue weighted by molar-refractivity contribution is -0.135. The van der Waals surface area contributed by atoms with Crippen molar-refractivity contribution in [2.75, 3.05) is 20.1 Å². The fourth-order valence-electron chi connectivity index (χ4n) is 2.09. The molecule has 2 N–H and O–H groups in total. The van der Waals surface area contributed by atoms with Crippen LogP contribution in [0.3, 0.4) is 0 Å². The third-order valence-corrected chi connectivity index (χ3v) is 3.00. The molecule has 1 unspecified atom stereocenters. The summed E-state index contributed by atoms with van der Waals surface area (Å²) in [7, 11) is 1.85. The Morgan fingerprint density at radius 3 is 3.19 bits per heavy atom. The lowest BCUT2D eigenvalue weighted by atomic mass is 9.98. The van der Waals surface area contributed by atoms with Crippen molar-refractivity contribution in [3.8, 4) is 0 Å². The van der Waals surface area contributed by atoms with Crippen molar-refractivity contribution in [1.29, 1.82) is 0 Å². The van der Waals surface area contributed by atoms with Crippen LogP contribution in [-0.2, 0) is 11.3 Å². The standard InChI is InChI=1S/C11H18N4O/c1-15(8-9-5-13-14-6-9)11(16)10-3-2-4-12-7-10/h5-6,10,12H,2-4,7-8H2,1H3,(H,13,14). The van der Waals surface area contributed by atoms with E-state index in [1.807, 2.05) is 13.2 Å². The van der Waals surface area contributed by atoms with Gasteiger partial charge in [0.15, 0.2) is 0 Å². The van der Waals surface area contributed by atoms with Gasteiger partial charge in [0.05, 0.1) is 12.1 Å². The summed E-state index contributed by atoms with van der Waals surface area (Å²) in [4.78, 5) is 13.9. The fourth-order valence-corrected chi connectivity index (χ4v) is 2.09. The highest BCUT2D eigenvalue weighted by atomic mass is 16.2. The summed E-state index contributed by atoms with van der Waals surface area (Å²) < 4.78 is 0. The molecule has 0 radical (unpaired) electrons. The zero-order valence-corrected chi connectivity index (χ0v) is 9.57. The van der Waals surface area contributed by atoms with Gasteiger partial charge in [0.1, 0.15) is 0 Å². The van der Waals surface area contributed by atoms with Crippen LogP contribution < -0.4 is 5.32 Å². The van der Waals surface area contributed by atoms with Gasteiger partial charge >= 0.3 is 0 Å². The minimum Gasteiger partial charge on any atom is -0.341 e. The van der Waals surface area contributed by atoms with Crippen LogP contribution in [0.15, 0.2) is 12.4 Å². The zero-order valence-electron chi connectivity index (χ0n) is 9.57. The van der Waals surface area contributed by atoms with Gasteiger partial charge in [-0.3, -0.25) is 9.89 Å².